The SMILES string of the molecule is CNCC1CCN(C(=O)CSc2ccccc2C)CC1. The molecule has 0 aromatic heterocycles. The molecule has 0 radical (unpaired) electrons. The van der Waals surface area contributed by atoms with Gasteiger partial charge in [-0.15, -0.1) is 11.8 Å². The van der Waals surface area contributed by atoms with Gasteiger partial charge in [-0.25, -0.2) is 0 Å². The number of piperidine rings is 1. The van der Waals surface area contributed by atoms with Crippen LogP contribution in [-0.4, -0.2) is 43.2 Å². The van der Waals surface area contributed by atoms with Crippen molar-refractivity contribution in [1.29, 1.82) is 0 Å². The van der Waals surface area contributed by atoms with Gasteiger partial charge >= 0.3 is 0 Å². The number of nitrogens with one attached hydrogen (secondary N) is 1. The Hall–Kier alpha value is -1.00. The maximum atomic E-state index is 12.2. The first-order chi connectivity index (χ1) is 9.70. The molecule has 1 saturated heterocycles. The van der Waals surface area contributed by atoms with E-state index in [1.54, 1.807) is 11.8 Å². The molecule has 1 aromatic rings. The monoisotopic (exact) mass is 292 g/mol. The number of hydrogen-bond donors (Lipinski definition) is 1. The average Bonchev–Trinajstić information content (AvgIpc) is 2.47. The molecule has 0 saturated carbocycles. The summed E-state index contributed by atoms with van der Waals surface area (Å²) in [7, 11) is 2.00. The fourth-order valence-electron chi connectivity index (χ4n) is 2.62. The first-order valence-corrected chi connectivity index (χ1v) is 8.30. The van der Waals surface area contributed by atoms with Crippen molar-refractivity contribution < 1.29 is 4.79 Å². The van der Waals surface area contributed by atoms with E-state index in [4.69, 9.17) is 0 Å². The van der Waals surface area contributed by atoms with Crippen molar-refractivity contribution in [2.75, 3.05) is 32.4 Å². The van der Waals surface area contributed by atoms with E-state index in [0.717, 1.165) is 38.4 Å². The third kappa shape index (κ3) is 4.25. The molecule has 0 atom stereocenters. The van der Waals surface area contributed by atoms with E-state index >= 15 is 0 Å². The number of hydrogen-bond acceptors (Lipinski definition) is 3. The lowest BCUT2D eigenvalue weighted by atomic mass is 9.97. The van der Waals surface area contributed by atoms with Crippen LogP contribution in [0.5, 0.6) is 0 Å². The van der Waals surface area contributed by atoms with Gasteiger partial charge in [-0.05, 0) is 50.9 Å². The van der Waals surface area contributed by atoms with E-state index < -0.39 is 0 Å². The van der Waals surface area contributed by atoms with Crippen molar-refractivity contribution >= 4 is 17.7 Å². The van der Waals surface area contributed by atoms with E-state index in [1.807, 2.05) is 24.1 Å². The number of aryl methyl sites for hydroxylation is 1. The van der Waals surface area contributed by atoms with E-state index in [0.29, 0.717) is 5.75 Å². The number of amides is 1. The Bertz CT molecular complexity index is 442. The molecule has 0 bridgehead atoms. The third-order valence-electron chi connectivity index (χ3n) is 3.90. The molecule has 20 heavy (non-hydrogen) atoms. The Morgan fingerprint density at radius 3 is 2.70 bits per heavy atom. The normalized spacial score (nSPS) is 16.4. The molecule has 1 aromatic carbocycles. The van der Waals surface area contributed by atoms with Gasteiger partial charge in [0.2, 0.25) is 5.91 Å². The highest BCUT2D eigenvalue weighted by Crippen LogP contribution is 2.23. The second-order valence-electron chi connectivity index (χ2n) is 5.44. The first kappa shape index (κ1) is 15.4. The maximum Gasteiger partial charge on any atom is 0.232 e. The van der Waals surface area contributed by atoms with Crippen LogP contribution < -0.4 is 5.32 Å². The predicted molar refractivity (Wildman–Crippen MR) is 85.1 cm³/mol. The highest BCUT2D eigenvalue weighted by molar-refractivity contribution is 8.00. The molecule has 3 nitrogen and oxygen atoms in total. The van der Waals surface area contributed by atoms with Gasteiger partial charge in [0.25, 0.3) is 0 Å². The average molecular weight is 292 g/mol. The largest absolute Gasteiger partial charge is 0.342 e. The van der Waals surface area contributed by atoms with Crippen LogP contribution in [0.25, 0.3) is 0 Å². The lowest BCUT2D eigenvalue weighted by molar-refractivity contribution is -0.129. The van der Waals surface area contributed by atoms with Crippen LogP contribution in [-0.2, 0) is 4.79 Å². The van der Waals surface area contributed by atoms with Crippen LogP contribution in [0.15, 0.2) is 29.2 Å². The zero-order valence-electron chi connectivity index (χ0n) is 12.4. The fraction of sp³-hybridized carbons (Fsp3) is 0.562. The summed E-state index contributed by atoms with van der Waals surface area (Å²) in [6.07, 6.45) is 2.25. The van der Waals surface area contributed by atoms with Crippen LogP contribution in [0.4, 0.5) is 0 Å². The lowest BCUT2D eigenvalue weighted by Gasteiger charge is -2.32. The van der Waals surface area contributed by atoms with Gasteiger partial charge in [0.05, 0.1) is 5.75 Å². The van der Waals surface area contributed by atoms with E-state index in [-0.39, 0.29) is 5.91 Å². The number of likely N-dealkylation sites (tertiary alicyclic amines) is 1. The van der Waals surface area contributed by atoms with Crippen LogP contribution in [0.1, 0.15) is 18.4 Å². The van der Waals surface area contributed by atoms with Gasteiger partial charge in [0, 0.05) is 18.0 Å². The number of benzene rings is 1. The zero-order valence-corrected chi connectivity index (χ0v) is 13.2. The molecule has 1 fully saturated rings. The number of rotatable bonds is 5. The molecule has 4 heteroatoms. The summed E-state index contributed by atoms with van der Waals surface area (Å²) in [5.74, 6) is 1.57. The molecule has 110 valence electrons. The van der Waals surface area contributed by atoms with Crippen molar-refractivity contribution in [3.63, 3.8) is 0 Å². The summed E-state index contributed by atoms with van der Waals surface area (Å²) in [6.45, 7) is 5.00. The molecule has 1 aliphatic heterocycles. The van der Waals surface area contributed by atoms with Crippen LogP contribution in [0, 0.1) is 12.8 Å². The molecule has 0 spiro atoms. The van der Waals surface area contributed by atoms with Gasteiger partial charge in [0.15, 0.2) is 0 Å². The summed E-state index contributed by atoms with van der Waals surface area (Å²) in [5.41, 5.74) is 1.25. The number of thioether (sulfide) groups is 1. The van der Waals surface area contributed by atoms with Crippen LogP contribution in [0.3, 0.4) is 0 Å². The third-order valence-corrected chi connectivity index (χ3v) is 5.07. The summed E-state index contributed by atoms with van der Waals surface area (Å²) in [6, 6.07) is 8.25. The van der Waals surface area contributed by atoms with Crippen LogP contribution >= 0.6 is 11.8 Å². The smallest absolute Gasteiger partial charge is 0.232 e. The molecule has 0 unspecified atom stereocenters. The fourth-order valence-corrected chi connectivity index (χ4v) is 3.56. The number of carbonyl (C=O) groups is 1. The predicted octanol–water partition coefficient (Wildman–Crippen LogP) is 2.55. The Morgan fingerprint density at radius 2 is 2.05 bits per heavy atom. The van der Waals surface area contributed by atoms with Gasteiger partial charge in [-0.1, -0.05) is 18.2 Å². The second-order valence-corrected chi connectivity index (χ2v) is 6.45. The molecule has 1 aliphatic rings. The standard InChI is InChI=1S/C16H24N2OS/c1-13-5-3-4-6-15(13)20-12-16(19)18-9-7-14(8-10-18)11-17-2/h3-6,14,17H,7-12H2,1-2H3. The Balaban J connectivity index is 1.77. The molecule has 2 rings (SSSR count). The van der Waals surface area contributed by atoms with Crippen molar-refractivity contribution in [2.24, 2.45) is 5.92 Å². The highest BCUT2D eigenvalue weighted by atomic mass is 32.2. The lowest BCUT2D eigenvalue weighted by Crippen LogP contribution is -2.41. The molecule has 0 aliphatic carbocycles. The number of carbonyl (C=O) groups excluding carboxylic acids is 1. The second kappa shape index (κ2) is 7.70. The summed E-state index contributed by atoms with van der Waals surface area (Å²) in [5, 5.41) is 3.23. The van der Waals surface area contributed by atoms with E-state index in [2.05, 4.69) is 24.4 Å². The van der Waals surface area contributed by atoms with Crippen molar-refractivity contribution in [3.8, 4) is 0 Å². The number of nitrogens with zero attached hydrogens (tertiary/aromatic N) is 1. The minimum Gasteiger partial charge on any atom is -0.342 e. The van der Waals surface area contributed by atoms with Gasteiger partial charge in [0.1, 0.15) is 0 Å². The van der Waals surface area contributed by atoms with Crippen LogP contribution in [0.2, 0.25) is 0 Å². The molecular weight excluding hydrogens is 268 g/mol. The first-order valence-electron chi connectivity index (χ1n) is 7.31. The van der Waals surface area contributed by atoms with Crippen molar-refractivity contribution in [1.82, 2.24) is 10.2 Å². The Morgan fingerprint density at radius 1 is 1.35 bits per heavy atom. The van der Waals surface area contributed by atoms with E-state index in [9.17, 15) is 4.79 Å². The van der Waals surface area contributed by atoms with E-state index in [1.165, 1.54) is 10.5 Å². The molecule has 1 heterocycles. The van der Waals surface area contributed by atoms with Crippen molar-refractivity contribution in [3.05, 3.63) is 29.8 Å². The van der Waals surface area contributed by atoms with Gasteiger partial charge in [-0.2, -0.15) is 0 Å². The topological polar surface area (TPSA) is 32.3 Å². The molecular formula is C16H24N2OS. The van der Waals surface area contributed by atoms with Crippen molar-refractivity contribution in [2.45, 2.75) is 24.7 Å². The summed E-state index contributed by atoms with van der Waals surface area (Å²) in [4.78, 5) is 15.5. The van der Waals surface area contributed by atoms with Gasteiger partial charge in [-0.3, -0.25) is 4.79 Å². The summed E-state index contributed by atoms with van der Waals surface area (Å²) < 4.78 is 0. The minimum absolute atomic E-state index is 0.279. The molecule has 1 N–H and O–H groups in total. The van der Waals surface area contributed by atoms with Gasteiger partial charge < -0.3 is 10.2 Å². The maximum absolute atomic E-state index is 12.2. The highest BCUT2D eigenvalue weighted by Gasteiger charge is 2.22. The summed E-state index contributed by atoms with van der Waals surface area (Å²) >= 11 is 1.66. The molecule has 1 amide bonds. The minimum atomic E-state index is 0.279. The Kier molecular flexibility index (Phi) is 5.92. The Labute approximate surface area is 126 Å². The quantitative estimate of drug-likeness (QED) is 0.847. The zero-order chi connectivity index (χ0) is 14.4.